The predicted octanol–water partition coefficient (Wildman–Crippen LogP) is 2.12. The van der Waals surface area contributed by atoms with Crippen molar-refractivity contribution in [3.8, 4) is 6.07 Å². The topological polar surface area (TPSA) is 74.8 Å². The number of likely N-dealkylation sites (tertiary alicyclic amines) is 1. The lowest BCUT2D eigenvalue weighted by molar-refractivity contribution is -0.137. The van der Waals surface area contributed by atoms with Crippen LogP contribution in [-0.2, 0) is 17.8 Å². The summed E-state index contributed by atoms with van der Waals surface area (Å²) in [6, 6.07) is 10.1. The summed E-state index contributed by atoms with van der Waals surface area (Å²) < 4.78 is 1.90. The van der Waals surface area contributed by atoms with Crippen molar-refractivity contribution in [2.45, 2.75) is 38.1 Å². The molecule has 2 aliphatic rings. The van der Waals surface area contributed by atoms with Gasteiger partial charge >= 0.3 is 0 Å². The van der Waals surface area contributed by atoms with E-state index in [2.05, 4.69) is 22.2 Å². The molecule has 1 aromatic carbocycles. The molecule has 1 fully saturated rings. The molecule has 2 aliphatic heterocycles. The molecule has 0 spiro atoms. The highest BCUT2D eigenvalue weighted by molar-refractivity contribution is 5.79. The first kappa shape index (κ1) is 15.8. The molecule has 3 heterocycles. The molecule has 0 bridgehead atoms. The monoisotopic (exact) mass is 335 g/mol. The van der Waals surface area contributed by atoms with Crippen molar-refractivity contribution in [3.63, 3.8) is 0 Å². The van der Waals surface area contributed by atoms with Gasteiger partial charge < -0.3 is 4.90 Å². The number of fused-ring (bicyclic) bond motifs is 1. The summed E-state index contributed by atoms with van der Waals surface area (Å²) in [5.41, 5.74) is 1.89. The molecule has 25 heavy (non-hydrogen) atoms. The molecule has 0 radical (unpaired) electrons. The summed E-state index contributed by atoms with van der Waals surface area (Å²) in [5.74, 6) is 1.57. The summed E-state index contributed by atoms with van der Waals surface area (Å²) >= 11 is 0. The summed E-state index contributed by atoms with van der Waals surface area (Å²) in [7, 11) is 0. The van der Waals surface area contributed by atoms with Crippen LogP contribution in [0.25, 0.3) is 0 Å². The number of benzene rings is 1. The Labute approximate surface area is 147 Å². The molecule has 0 aliphatic carbocycles. The molecule has 6 nitrogen and oxygen atoms in total. The SMILES string of the molecule is N#Cc1ccccc1C1CCN(C(=O)C2CCn3ncnc3C2)CC1. The summed E-state index contributed by atoms with van der Waals surface area (Å²) in [6.45, 7) is 2.32. The van der Waals surface area contributed by atoms with E-state index < -0.39 is 0 Å². The van der Waals surface area contributed by atoms with Crippen LogP contribution in [0.15, 0.2) is 30.6 Å². The number of hydrogen-bond acceptors (Lipinski definition) is 4. The second-order valence-corrected chi connectivity index (χ2v) is 6.89. The minimum absolute atomic E-state index is 0.0274. The number of carbonyl (C=O) groups is 1. The first-order valence-electron chi connectivity index (χ1n) is 8.90. The Morgan fingerprint density at radius 3 is 2.76 bits per heavy atom. The number of piperidine rings is 1. The number of rotatable bonds is 2. The minimum atomic E-state index is 0.0274. The van der Waals surface area contributed by atoms with Gasteiger partial charge in [-0.15, -0.1) is 0 Å². The number of aryl methyl sites for hydroxylation is 1. The fourth-order valence-corrected chi connectivity index (χ4v) is 4.07. The largest absolute Gasteiger partial charge is 0.342 e. The Morgan fingerprint density at radius 1 is 1.16 bits per heavy atom. The number of hydrogen-bond donors (Lipinski definition) is 0. The molecule has 2 aromatic rings. The molecule has 6 heteroatoms. The van der Waals surface area contributed by atoms with Gasteiger partial charge in [0, 0.05) is 32.0 Å². The van der Waals surface area contributed by atoms with Crippen LogP contribution >= 0.6 is 0 Å². The van der Waals surface area contributed by atoms with Gasteiger partial charge in [-0.05, 0) is 36.8 Å². The first-order chi connectivity index (χ1) is 12.3. The van der Waals surface area contributed by atoms with E-state index in [1.54, 1.807) is 6.33 Å². The molecule has 1 atom stereocenters. The number of carbonyl (C=O) groups excluding carboxylic acids is 1. The smallest absolute Gasteiger partial charge is 0.226 e. The second-order valence-electron chi connectivity index (χ2n) is 6.89. The van der Waals surface area contributed by atoms with Gasteiger partial charge in [-0.2, -0.15) is 10.4 Å². The third-order valence-electron chi connectivity index (χ3n) is 5.49. The zero-order valence-corrected chi connectivity index (χ0v) is 14.1. The number of nitrogens with zero attached hydrogens (tertiary/aromatic N) is 5. The van der Waals surface area contributed by atoms with Gasteiger partial charge in [0.2, 0.25) is 5.91 Å². The number of nitriles is 1. The van der Waals surface area contributed by atoms with Crippen molar-refractivity contribution in [2.24, 2.45) is 5.92 Å². The van der Waals surface area contributed by atoms with Gasteiger partial charge in [0.1, 0.15) is 12.2 Å². The fraction of sp³-hybridized carbons (Fsp3) is 0.474. The molecule has 1 amide bonds. The standard InChI is InChI=1S/C19H21N5O/c20-12-16-3-1-2-4-17(16)14-5-8-23(9-6-14)19(25)15-7-10-24-18(11-15)21-13-22-24/h1-4,13-15H,5-11H2. The van der Waals surface area contributed by atoms with E-state index in [-0.39, 0.29) is 11.8 Å². The quantitative estimate of drug-likeness (QED) is 0.842. The number of amides is 1. The van der Waals surface area contributed by atoms with Crippen LogP contribution in [0.4, 0.5) is 0 Å². The average molecular weight is 335 g/mol. The minimum Gasteiger partial charge on any atom is -0.342 e. The normalized spacial score (nSPS) is 20.8. The molecular weight excluding hydrogens is 314 g/mol. The van der Waals surface area contributed by atoms with Crippen molar-refractivity contribution in [3.05, 3.63) is 47.5 Å². The Hall–Kier alpha value is -2.68. The van der Waals surface area contributed by atoms with Gasteiger partial charge in [-0.1, -0.05) is 18.2 Å². The Balaban J connectivity index is 1.39. The van der Waals surface area contributed by atoms with E-state index in [0.29, 0.717) is 12.3 Å². The summed E-state index contributed by atoms with van der Waals surface area (Å²) in [5, 5.41) is 13.5. The van der Waals surface area contributed by atoms with E-state index in [9.17, 15) is 10.1 Å². The number of aromatic nitrogens is 3. The molecular formula is C19H21N5O. The summed E-state index contributed by atoms with van der Waals surface area (Å²) in [4.78, 5) is 19.1. The summed E-state index contributed by atoms with van der Waals surface area (Å²) in [6.07, 6.45) is 4.95. The lowest BCUT2D eigenvalue weighted by Crippen LogP contribution is -2.43. The van der Waals surface area contributed by atoms with Crippen molar-refractivity contribution < 1.29 is 4.79 Å². The molecule has 1 unspecified atom stereocenters. The van der Waals surface area contributed by atoms with Crippen molar-refractivity contribution in [2.75, 3.05) is 13.1 Å². The molecule has 128 valence electrons. The van der Waals surface area contributed by atoms with Crippen LogP contribution in [0.5, 0.6) is 0 Å². The van der Waals surface area contributed by atoms with Crippen molar-refractivity contribution in [1.82, 2.24) is 19.7 Å². The van der Waals surface area contributed by atoms with E-state index in [0.717, 1.165) is 55.8 Å². The van der Waals surface area contributed by atoms with Gasteiger partial charge in [0.15, 0.2) is 0 Å². The Morgan fingerprint density at radius 2 is 1.96 bits per heavy atom. The van der Waals surface area contributed by atoms with E-state index in [4.69, 9.17) is 0 Å². The van der Waals surface area contributed by atoms with Crippen LogP contribution < -0.4 is 0 Å². The predicted molar refractivity (Wildman–Crippen MR) is 91.5 cm³/mol. The van der Waals surface area contributed by atoms with E-state index in [1.807, 2.05) is 27.8 Å². The Bertz CT molecular complexity index is 813. The molecule has 0 N–H and O–H groups in total. The third-order valence-corrected chi connectivity index (χ3v) is 5.49. The molecule has 1 aromatic heterocycles. The highest BCUT2D eigenvalue weighted by atomic mass is 16.2. The second kappa shape index (κ2) is 6.67. The highest BCUT2D eigenvalue weighted by Gasteiger charge is 2.32. The Kier molecular flexibility index (Phi) is 4.22. The van der Waals surface area contributed by atoms with Crippen molar-refractivity contribution in [1.29, 1.82) is 5.26 Å². The maximum absolute atomic E-state index is 12.9. The van der Waals surface area contributed by atoms with Crippen LogP contribution in [0.2, 0.25) is 0 Å². The highest BCUT2D eigenvalue weighted by Crippen LogP contribution is 2.31. The molecule has 1 saturated heterocycles. The van der Waals surface area contributed by atoms with Crippen molar-refractivity contribution >= 4 is 5.91 Å². The van der Waals surface area contributed by atoms with Crippen LogP contribution in [-0.4, -0.2) is 38.7 Å². The lowest BCUT2D eigenvalue weighted by atomic mass is 9.86. The van der Waals surface area contributed by atoms with Crippen LogP contribution in [0.3, 0.4) is 0 Å². The van der Waals surface area contributed by atoms with Crippen LogP contribution in [0.1, 0.15) is 42.1 Å². The fourth-order valence-electron chi connectivity index (χ4n) is 4.07. The average Bonchev–Trinajstić information content (AvgIpc) is 3.15. The zero-order valence-electron chi connectivity index (χ0n) is 14.1. The molecule has 4 rings (SSSR count). The van der Waals surface area contributed by atoms with Gasteiger partial charge in [-0.3, -0.25) is 9.48 Å². The van der Waals surface area contributed by atoms with Gasteiger partial charge in [0.05, 0.1) is 11.6 Å². The van der Waals surface area contributed by atoms with Gasteiger partial charge in [-0.25, -0.2) is 4.98 Å². The maximum atomic E-state index is 12.9. The van der Waals surface area contributed by atoms with Crippen LogP contribution in [0, 0.1) is 17.2 Å². The van der Waals surface area contributed by atoms with Gasteiger partial charge in [0.25, 0.3) is 0 Å². The molecule has 0 saturated carbocycles. The lowest BCUT2D eigenvalue weighted by Gasteiger charge is -2.35. The zero-order chi connectivity index (χ0) is 17.2. The maximum Gasteiger partial charge on any atom is 0.226 e. The van der Waals surface area contributed by atoms with E-state index in [1.165, 1.54) is 0 Å². The first-order valence-corrected chi connectivity index (χ1v) is 8.90. The third kappa shape index (κ3) is 3.02. The van der Waals surface area contributed by atoms with E-state index >= 15 is 0 Å².